The number of carbonyl (C=O) groups excluding carboxylic acids is 2. The molecular formula is C26H21Cl2N3O3. The van der Waals surface area contributed by atoms with Crippen molar-refractivity contribution in [2.24, 2.45) is 0 Å². The summed E-state index contributed by atoms with van der Waals surface area (Å²) in [5, 5.41) is 15.1. The van der Waals surface area contributed by atoms with Gasteiger partial charge in [-0.25, -0.2) is 0 Å². The first-order valence-corrected chi connectivity index (χ1v) is 11.0. The van der Waals surface area contributed by atoms with Crippen molar-refractivity contribution in [2.75, 3.05) is 17.2 Å². The predicted octanol–water partition coefficient (Wildman–Crippen LogP) is 6.17. The van der Waals surface area contributed by atoms with Gasteiger partial charge in [0.05, 0.1) is 10.0 Å². The highest BCUT2D eigenvalue weighted by molar-refractivity contribution is 6.37. The van der Waals surface area contributed by atoms with E-state index in [4.69, 9.17) is 27.9 Å². The minimum absolute atomic E-state index is 0.127. The molecule has 0 aliphatic rings. The van der Waals surface area contributed by atoms with Crippen molar-refractivity contribution in [1.29, 1.82) is 5.26 Å². The molecule has 8 heteroatoms. The van der Waals surface area contributed by atoms with E-state index in [1.54, 1.807) is 24.3 Å². The van der Waals surface area contributed by atoms with E-state index in [1.165, 1.54) is 18.2 Å². The summed E-state index contributed by atoms with van der Waals surface area (Å²) in [4.78, 5) is 24.8. The highest BCUT2D eigenvalue weighted by Gasteiger charge is 2.15. The van der Waals surface area contributed by atoms with Crippen molar-refractivity contribution in [3.63, 3.8) is 0 Å². The molecule has 172 valence electrons. The fourth-order valence-electron chi connectivity index (χ4n) is 3.05. The van der Waals surface area contributed by atoms with E-state index in [1.807, 2.05) is 44.2 Å². The van der Waals surface area contributed by atoms with Gasteiger partial charge in [0.15, 0.2) is 12.4 Å². The molecule has 2 amide bonds. The van der Waals surface area contributed by atoms with Crippen LogP contribution in [0.1, 0.15) is 16.7 Å². The van der Waals surface area contributed by atoms with E-state index in [2.05, 4.69) is 10.6 Å². The molecule has 0 aliphatic carbocycles. The molecule has 0 fully saturated rings. The van der Waals surface area contributed by atoms with Gasteiger partial charge in [-0.3, -0.25) is 9.59 Å². The molecule has 3 rings (SSSR count). The van der Waals surface area contributed by atoms with Crippen LogP contribution in [0.3, 0.4) is 0 Å². The lowest BCUT2D eigenvalue weighted by atomic mass is 10.1. The summed E-state index contributed by atoms with van der Waals surface area (Å²) < 4.78 is 5.54. The molecule has 0 spiro atoms. The summed E-state index contributed by atoms with van der Waals surface area (Å²) in [5.41, 5.74) is 3.59. The maximum Gasteiger partial charge on any atom is 0.266 e. The van der Waals surface area contributed by atoms with Gasteiger partial charge in [-0.15, -0.1) is 0 Å². The number of benzene rings is 3. The number of hydrogen-bond acceptors (Lipinski definition) is 4. The van der Waals surface area contributed by atoms with Crippen molar-refractivity contribution < 1.29 is 14.3 Å². The van der Waals surface area contributed by atoms with E-state index in [9.17, 15) is 14.9 Å². The van der Waals surface area contributed by atoms with Crippen LogP contribution in [0.4, 0.5) is 11.4 Å². The molecular weight excluding hydrogens is 473 g/mol. The molecule has 0 heterocycles. The Bertz CT molecular complexity index is 1280. The van der Waals surface area contributed by atoms with Crippen LogP contribution in [-0.4, -0.2) is 18.4 Å². The van der Waals surface area contributed by atoms with Crippen LogP contribution in [0.2, 0.25) is 10.0 Å². The van der Waals surface area contributed by atoms with Crippen molar-refractivity contribution in [3.05, 3.63) is 93.0 Å². The molecule has 0 aromatic heterocycles. The number of nitrogens with zero attached hydrogens (tertiary/aromatic N) is 1. The van der Waals surface area contributed by atoms with Crippen molar-refractivity contribution >= 4 is 52.5 Å². The molecule has 3 aromatic rings. The van der Waals surface area contributed by atoms with Gasteiger partial charge in [-0.1, -0.05) is 53.5 Å². The second-order valence-electron chi connectivity index (χ2n) is 7.39. The lowest BCUT2D eigenvalue weighted by molar-refractivity contribution is -0.118. The van der Waals surface area contributed by atoms with Crippen LogP contribution in [0, 0.1) is 25.2 Å². The van der Waals surface area contributed by atoms with Gasteiger partial charge >= 0.3 is 0 Å². The summed E-state index contributed by atoms with van der Waals surface area (Å²) in [6.07, 6.45) is 1.37. The maximum absolute atomic E-state index is 12.4. The van der Waals surface area contributed by atoms with Crippen molar-refractivity contribution in [3.8, 4) is 11.8 Å². The summed E-state index contributed by atoms with van der Waals surface area (Å²) in [7, 11) is 0. The smallest absolute Gasteiger partial charge is 0.266 e. The first-order valence-electron chi connectivity index (χ1n) is 10.2. The number of ether oxygens (including phenoxy) is 1. The molecule has 3 aromatic carbocycles. The molecule has 0 saturated carbocycles. The first kappa shape index (κ1) is 24.8. The lowest BCUT2D eigenvalue weighted by Crippen LogP contribution is -2.21. The number of rotatable bonds is 7. The van der Waals surface area contributed by atoms with E-state index in [-0.39, 0.29) is 33.9 Å². The minimum Gasteiger partial charge on any atom is -0.481 e. The molecule has 0 bridgehead atoms. The zero-order valence-corrected chi connectivity index (χ0v) is 20.0. The number of amides is 2. The highest BCUT2D eigenvalue weighted by atomic mass is 35.5. The predicted molar refractivity (Wildman–Crippen MR) is 135 cm³/mol. The summed E-state index contributed by atoms with van der Waals surface area (Å²) in [6, 6.07) is 19.3. The molecule has 0 aliphatic heterocycles. The second-order valence-corrected chi connectivity index (χ2v) is 8.20. The highest BCUT2D eigenvalue weighted by Crippen LogP contribution is 2.35. The average Bonchev–Trinajstić information content (AvgIpc) is 2.80. The maximum atomic E-state index is 12.4. The number of halogens is 2. The fourth-order valence-corrected chi connectivity index (χ4v) is 3.66. The summed E-state index contributed by atoms with van der Waals surface area (Å²) in [5.74, 6) is -0.803. The SMILES string of the molecule is Cc1cccc(NC(=O)COc2c(Cl)cc(/C=C(\C#N)C(=O)Nc3ccccc3)cc2Cl)c1C. The molecule has 34 heavy (non-hydrogen) atoms. The van der Waals surface area contributed by atoms with E-state index in [0.29, 0.717) is 16.9 Å². The molecule has 6 nitrogen and oxygen atoms in total. The third-order valence-electron chi connectivity index (χ3n) is 4.95. The monoisotopic (exact) mass is 493 g/mol. The van der Waals surface area contributed by atoms with Crippen LogP contribution in [0.5, 0.6) is 5.75 Å². The molecule has 0 saturated heterocycles. The normalized spacial score (nSPS) is 10.9. The summed E-state index contributed by atoms with van der Waals surface area (Å²) >= 11 is 12.6. The Morgan fingerprint density at radius 2 is 1.68 bits per heavy atom. The summed E-state index contributed by atoms with van der Waals surface area (Å²) in [6.45, 7) is 3.58. The van der Waals surface area contributed by atoms with Gasteiger partial charge in [0.2, 0.25) is 0 Å². The molecule has 0 atom stereocenters. The third kappa shape index (κ3) is 6.38. The fraction of sp³-hybridized carbons (Fsp3) is 0.115. The Balaban J connectivity index is 1.70. The third-order valence-corrected chi connectivity index (χ3v) is 5.52. The quantitative estimate of drug-likeness (QED) is 0.304. The van der Waals surface area contributed by atoms with E-state index in [0.717, 1.165) is 11.1 Å². The Morgan fingerprint density at radius 3 is 2.32 bits per heavy atom. The average molecular weight is 494 g/mol. The minimum atomic E-state index is -0.565. The number of para-hydroxylation sites is 1. The number of carbonyl (C=O) groups is 2. The second kappa shape index (κ2) is 11.4. The van der Waals surface area contributed by atoms with Gasteiger partial charge in [-0.05, 0) is 66.9 Å². The van der Waals surface area contributed by atoms with Gasteiger partial charge < -0.3 is 15.4 Å². The van der Waals surface area contributed by atoms with Crippen LogP contribution >= 0.6 is 23.2 Å². The Labute approximate surface area is 207 Å². The van der Waals surface area contributed by atoms with Gasteiger partial charge in [0, 0.05) is 11.4 Å². The zero-order valence-electron chi connectivity index (χ0n) is 18.5. The largest absolute Gasteiger partial charge is 0.481 e. The molecule has 0 unspecified atom stereocenters. The zero-order chi connectivity index (χ0) is 24.7. The molecule has 2 N–H and O–H groups in total. The van der Waals surface area contributed by atoms with E-state index < -0.39 is 5.91 Å². The number of hydrogen-bond donors (Lipinski definition) is 2. The van der Waals surface area contributed by atoms with Crippen molar-refractivity contribution in [1.82, 2.24) is 0 Å². The number of anilines is 2. The van der Waals surface area contributed by atoms with Crippen LogP contribution < -0.4 is 15.4 Å². The number of aryl methyl sites for hydroxylation is 1. The van der Waals surface area contributed by atoms with E-state index >= 15 is 0 Å². The standard InChI is InChI=1S/C26H21Cl2N3O3/c1-16-7-6-10-23(17(16)2)31-24(32)15-34-25-21(27)12-18(13-22(25)28)11-19(14-29)26(33)30-20-8-4-3-5-9-20/h3-13H,15H2,1-2H3,(H,30,33)(H,31,32)/b19-11+. The number of nitriles is 1. The molecule has 0 radical (unpaired) electrons. The van der Waals surface area contributed by atoms with Crippen LogP contribution in [-0.2, 0) is 9.59 Å². The topological polar surface area (TPSA) is 91.2 Å². The van der Waals surface area contributed by atoms with Gasteiger partial charge in [0.25, 0.3) is 11.8 Å². The lowest BCUT2D eigenvalue weighted by Gasteiger charge is -2.13. The first-order chi connectivity index (χ1) is 16.3. The van der Waals surface area contributed by atoms with Crippen molar-refractivity contribution in [2.45, 2.75) is 13.8 Å². The Kier molecular flexibility index (Phi) is 8.31. The number of nitrogens with one attached hydrogen (secondary N) is 2. The Hall–Kier alpha value is -3.79. The van der Waals surface area contributed by atoms with Gasteiger partial charge in [-0.2, -0.15) is 5.26 Å². The van der Waals surface area contributed by atoms with Gasteiger partial charge in [0.1, 0.15) is 11.6 Å². The Morgan fingerprint density at radius 1 is 1.00 bits per heavy atom. The van der Waals surface area contributed by atoms with Crippen LogP contribution in [0.25, 0.3) is 6.08 Å². The van der Waals surface area contributed by atoms with Crippen LogP contribution in [0.15, 0.2) is 66.2 Å².